The standard InChI is InChI=1S/C18H14F12S2/c1-7-4-9(3)10(5-8(7)2)6-14(17(25,26)27,18(28,29)30)13-31-12(32-13)11(15(19,20)21)16(22,23)24/h4-5,13H,6H2,1-3H3. The van der Waals surface area contributed by atoms with E-state index in [0.717, 1.165) is 6.07 Å². The van der Waals surface area contributed by atoms with E-state index in [1.807, 2.05) is 0 Å². The summed E-state index contributed by atoms with van der Waals surface area (Å²) in [6.07, 6.45) is -25.7. The van der Waals surface area contributed by atoms with Crippen molar-refractivity contribution >= 4 is 23.5 Å². The molecule has 1 aromatic carbocycles. The molecule has 1 aliphatic heterocycles. The second kappa shape index (κ2) is 8.24. The van der Waals surface area contributed by atoms with Crippen LogP contribution in [0.5, 0.6) is 0 Å². The molecule has 0 unspecified atom stereocenters. The molecule has 1 aliphatic rings. The lowest BCUT2D eigenvalue weighted by Crippen LogP contribution is -2.58. The molecule has 1 heterocycles. The molecule has 1 fully saturated rings. The molecule has 0 nitrogen and oxygen atoms in total. The number of alkyl halides is 12. The molecular formula is C18H14F12S2. The zero-order chi connectivity index (χ0) is 25.1. The average molecular weight is 522 g/mol. The van der Waals surface area contributed by atoms with Gasteiger partial charge < -0.3 is 0 Å². The second-order valence-electron chi connectivity index (χ2n) is 7.23. The van der Waals surface area contributed by atoms with Gasteiger partial charge in [0.05, 0.1) is 8.82 Å². The molecule has 0 aliphatic carbocycles. The number of rotatable bonds is 3. The Kier molecular flexibility index (Phi) is 6.97. The van der Waals surface area contributed by atoms with E-state index in [4.69, 9.17) is 0 Å². The van der Waals surface area contributed by atoms with E-state index in [9.17, 15) is 52.7 Å². The van der Waals surface area contributed by atoms with Crippen molar-refractivity contribution in [1.82, 2.24) is 0 Å². The quantitative estimate of drug-likeness (QED) is 0.366. The van der Waals surface area contributed by atoms with Gasteiger partial charge in [-0.3, -0.25) is 0 Å². The monoisotopic (exact) mass is 522 g/mol. The molecule has 2 rings (SSSR count). The van der Waals surface area contributed by atoms with E-state index in [1.165, 1.54) is 19.9 Å². The summed E-state index contributed by atoms with van der Waals surface area (Å²) in [7, 11) is 0. The Morgan fingerprint density at radius 3 is 1.47 bits per heavy atom. The van der Waals surface area contributed by atoms with Crippen LogP contribution in [-0.4, -0.2) is 29.3 Å². The largest absolute Gasteiger partial charge is 0.422 e. The van der Waals surface area contributed by atoms with E-state index in [-0.39, 0.29) is 11.1 Å². The van der Waals surface area contributed by atoms with E-state index in [2.05, 4.69) is 0 Å². The van der Waals surface area contributed by atoms with Gasteiger partial charge in [-0.05, 0) is 49.4 Å². The minimum absolute atomic E-state index is 0.0855. The lowest BCUT2D eigenvalue weighted by molar-refractivity contribution is -0.334. The van der Waals surface area contributed by atoms with Crippen molar-refractivity contribution < 1.29 is 52.7 Å². The van der Waals surface area contributed by atoms with Crippen LogP contribution in [0.4, 0.5) is 52.7 Å². The Balaban J connectivity index is 2.64. The van der Waals surface area contributed by atoms with Crippen molar-refractivity contribution in [2.24, 2.45) is 5.41 Å². The highest BCUT2D eigenvalue weighted by molar-refractivity contribution is 8.38. The molecule has 0 amide bonds. The van der Waals surface area contributed by atoms with Crippen LogP contribution < -0.4 is 0 Å². The Morgan fingerprint density at radius 2 is 1.09 bits per heavy atom. The minimum Gasteiger partial charge on any atom is -0.170 e. The molecule has 1 aromatic rings. The van der Waals surface area contributed by atoms with Crippen molar-refractivity contribution in [3.63, 3.8) is 0 Å². The summed E-state index contributed by atoms with van der Waals surface area (Å²) < 4.78 is 156. The third kappa shape index (κ3) is 4.85. The fraction of sp³-hybridized carbons (Fsp3) is 0.556. The molecule has 14 heteroatoms. The fourth-order valence-electron chi connectivity index (χ4n) is 3.14. The zero-order valence-corrected chi connectivity index (χ0v) is 17.9. The highest BCUT2D eigenvalue weighted by atomic mass is 32.3. The maximum atomic E-state index is 13.9. The third-order valence-corrected chi connectivity index (χ3v) is 8.26. The summed E-state index contributed by atoms with van der Waals surface area (Å²) >= 11 is -1.42. The molecule has 0 N–H and O–H groups in total. The van der Waals surface area contributed by atoms with E-state index in [0.29, 0.717) is 11.1 Å². The minimum atomic E-state index is -6.01. The van der Waals surface area contributed by atoms with Gasteiger partial charge in [-0.15, -0.1) is 23.5 Å². The van der Waals surface area contributed by atoms with Crippen molar-refractivity contribution in [1.29, 1.82) is 0 Å². The number of hydrogen-bond acceptors (Lipinski definition) is 2. The molecular weight excluding hydrogens is 508 g/mol. The number of halogens is 12. The lowest BCUT2D eigenvalue weighted by Gasteiger charge is -2.47. The van der Waals surface area contributed by atoms with Crippen LogP contribution >= 0.6 is 23.5 Å². The van der Waals surface area contributed by atoms with Crippen LogP contribution in [0.1, 0.15) is 22.3 Å². The zero-order valence-electron chi connectivity index (χ0n) is 16.3. The number of benzene rings is 1. The van der Waals surface area contributed by atoms with Gasteiger partial charge in [0.1, 0.15) is 0 Å². The molecule has 182 valence electrons. The van der Waals surface area contributed by atoms with Gasteiger partial charge in [-0.1, -0.05) is 12.1 Å². The second-order valence-corrected chi connectivity index (χ2v) is 10.0. The Labute approximate surface area is 182 Å². The number of thioether (sulfide) groups is 2. The maximum absolute atomic E-state index is 13.9. The first kappa shape index (κ1) is 27.1. The van der Waals surface area contributed by atoms with Gasteiger partial charge in [-0.25, -0.2) is 0 Å². The summed E-state index contributed by atoms with van der Waals surface area (Å²) in [5, 5.41) is 0. The summed E-state index contributed by atoms with van der Waals surface area (Å²) in [6, 6.07) is 2.47. The predicted molar refractivity (Wildman–Crippen MR) is 97.0 cm³/mol. The van der Waals surface area contributed by atoms with Crippen LogP contribution in [0.2, 0.25) is 0 Å². The van der Waals surface area contributed by atoms with Gasteiger partial charge >= 0.3 is 24.7 Å². The first-order chi connectivity index (χ1) is 14.1. The molecule has 0 aromatic heterocycles. The average Bonchev–Trinajstić information content (AvgIpc) is 2.48. The Bertz CT molecular complexity index is 865. The van der Waals surface area contributed by atoms with Crippen molar-refractivity contribution in [2.45, 2.75) is 56.5 Å². The van der Waals surface area contributed by atoms with Crippen LogP contribution in [0.3, 0.4) is 0 Å². The lowest BCUT2D eigenvalue weighted by atomic mass is 9.79. The first-order valence-corrected chi connectivity index (χ1v) is 10.3. The van der Waals surface area contributed by atoms with E-state index >= 15 is 0 Å². The molecule has 0 bridgehead atoms. The summed E-state index contributed by atoms with van der Waals surface area (Å²) in [5.41, 5.74) is -6.98. The molecule has 0 spiro atoms. The van der Waals surface area contributed by atoms with E-state index < -0.39 is 74.5 Å². The summed E-state index contributed by atoms with van der Waals surface area (Å²) in [4.78, 5) is 0. The van der Waals surface area contributed by atoms with Crippen molar-refractivity contribution in [2.75, 3.05) is 0 Å². The van der Waals surface area contributed by atoms with Crippen molar-refractivity contribution in [3.8, 4) is 0 Å². The van der Waals surface area contributed by atoms with Gasteiger partial charge in [0.25, 0.3) is 0 Å². The van der Waals surface area contributed by atoms with Crippen LogP contribution in [-0.2, 0) is 6.42 Å². The smallest absolute Gasteiger partial charge is 0.170 e. The normalized spacial score (nSPS) is 18.6. The number of aryl methyl sites for hydroxylation is 3. The third-order valence-electron chi connectivity index (χ3n) is 5.03. The Morgan fingerprint density at radius 1 is 0.688 bits per heavy atom. The summed E-state index contributed by atoms with van der Waals surface area (Å²) in [5.74, 6) is 0. The van der Waals surface area contributed by atoms with Crippen LogP contribution in [0, 0.1) is 26.2 Å². The highest BCUT2D eigenvalue weighted by Crippen LogP contribution is 2.70. The van der Waals surface area contributed by atoms with Crippen LogP contribution in [0.25, 0.3) is 0 Å². The first-order valence-electron chi connectivity index (χ1n) is 8.55. The van der Waals surface area contributed by atoms with Crippen molar-refractivity contribution in [3.05, 3.63) is 44.2 Å². The SMILES string of the molecule is Cc1cc(C)c(CC(C2SC(=C(C(F)(F)F)C(F)(F)F)S2)(C(F)(F)F)C(F)(F)F)cc1C. The number of hydrogen-bond donors (Lipinski definition) is 0. The topological polar surface area (TPSA) is 0 Å². The Hall–Kier alpha value is -1.18. The molecule has 32 heavy (non-hydrogen) atoms. The molecule has 0 radical (unpaired) electrons. The molecule has 0 saturated carbocycles. The number of allylic oxidation sites excluding steroid dienone is 1. The molecule has 0 atom stereocenters. The highest BCUT2D eigenvalue weighted by Gasteiger charge is 2.76. The van der Waals surface area contributed by atoms with Gasteiger partial charge in [0, 0.05) is 0 Å². The fourth-order valence-corrected chi connectivity index (χ4v) is 6.21. The van der Waals surface area contributed by atoms with E-state index in [1.54, 1.807) is 6.92 Å². The summed E-state index contributed by atoms with van der Waals surface area (Å²) in [6.45, 7) is 4.31. The van der Waals surface area contributed by atoms with Crippen LogP contribution in [0.15, 0.2) is 21.9 Å². The maximum Gasteiger partial charge on any atom is 0.422 e. The van der Waals surface area contributed by atoms with Gasteiger partial charge in [-0.2, -0.15) is 52.7 Å². The molecule has 1 saturated heterocycles. The van der Waals surface area contributed by atoms with Gasteiger partial charge in [0.2, 0.25) is 0 Å². The van der Waals surface area contributed by atoms with Gasteiger partial charge in [0.15, 0.2) is 11.0 Å². The predicted octanol–water partition coefficient (Wildman–Crippen LogP) is 8.41.